The first-order valence-corrected chi connectivity index (χ1v) is 21.2. The summed E-state index contributed by atoms with van der Waals surface area (Å²) < 4.78 is 17.7. The van der Waals surface area contributed by atoms with Gasteiger partial charge in [-0.3, -0.25) is 4.79 Å². The fourth-order valence-electron chi connectivity index (χ4n) is 5.71. The normalized spacial score (nSPS) is 12.4. The van der Waals surface area contributed by atoms with Crippen molar-refractivity contribution in [1.29, 1.82) is 0 Å². The number of rotatable bonds is 39. The van der Waals surface area contributed by atoms with Crippen molar-refractivity contribution >= 4 is 5.97 Å². The molecule has 50 heavy (non-hydrogen) atoms. The number of ether oxygens (including phenoxy) is 3. The number of nitrogens with zero attached hydrogens (tertiary/aromatic N) is 1. The first-order valence-electron chi connectivity index (χ1n) is 21.2. The maximum Gasteiger partial charge on any atom is 0.306 e. The van der Waals surface area contributed by atoms with Crippen molar-refractivity contribution in [2.45, 2.75) is 187 Å². The van der Waals surface area contributed by atoms with Gasteiger partial charge in [-0.15, -0.1) is 0 Å². The molecule has 0 N–H and O–H groups in total. The van der Waals surface area contributed by atoms with E-state index in [0.29, 0.717) is 19.6 Å². The summed E-state index contributed by atoms with van der Waals surface area (Å²) in [5.41, 5.74) is 0. The smallest absolute Gasteiger partial charge is 0.306 e. The summed E-state index contributed by atoms with van der Waals surface area (Å²) in [7, 11) is 4.05. The first-order chi connectivity index (χ1) is 24.6. The van der Waals surface area contributed by atoms with Crippen LogP contribution in [0.2, 0.25) is 0 Å². The molecule has 5 heteroatoms. The predicted octanol–water partition coefficient (Wildman–Crippen LogP) is 12.9. The molecule has 0 rings (SSSR count). The van der Waals surface area contributed by atoms with Crippen LogP contribution in [0.15, 0.2) is 48.6 Å². The quantitative estimate of drug-likeness (QED) is 0.0363. The zero-order valence-corrected chi connectivity index (χ0v) is 33.7. The standard InChI is InChI=1S/C45H83NO4/c1-5-7-9-11-13-15-17-19-21-23-25-27-29-31-33-35-40-48-42-44(50-45(47)38-37-39-46(3)4)43-49-41-36-34-32-30-28-26-24-22-20-18-16-14-12-10-8-6-2/h13-16,19-22,44H,5-12,17-18,23-43H2,1-4H3/b15-13-,16-14-,21-19-,22-20-. The Morgan fingerprint density at radius 3 is 1.28 bits per heavy atom. The van der Waals surface area contributed by atoms with E-state index in [2.05, 4.69) is 67.4 Å². The molecule has 0 bridgehead atoms. The van der Waals surface area contributed by atoms with Gasteiger partial charge in [0, 0.05) is 19.6 Å². The lowest BCUT2D eigenvalue weighted by molar-refractivity contribution is -0.156. The van der Waals surface area contributed by atoms with Crippen LogP contribution >= 0.6 is 0 Å². The molecular formula is C45H83NO4. The van der Waals surface area contributed by atoms with Gasteiger partial charge in [0.2, 0.25) is 0 Å². The summed E-state index contributed by atoms with van der Waals surface area (Å²) in [6.07, 6.45) is 49.2. The Kier molecular flexibility index (Phi) is 40.3. The van der Waals surface area contributed by atoms with Crippen molar-refractivity contribution in [2.24, 2.45) is 0 Å². The number of esters is 1. The molecule has 0 aromatic rings. The topological polar surface area (TPSA) is 48.0 Å². The molecule has 0 heterocycles. The van der Waals surface area contributed by atoms with Crippen molar-refractivity contribution < 1.29 is 19.0 Å². The van der Waals surface area contributed by atoms with Crippen LogP contribution in [-0.2, 0) is 19.0 Å². The molecule has 0 amide bonds. The second-order valence-corrected chi connectivity index (χ2v) is 14.3. The minimum absolute atomic E-state index is 0.147. The van der Waals surface area contributed by atoms with Crippen LogP contribution in [0.3, 0.4) is 0 Å². The molecular weight excluding hydrogens is 618 g/mol. The highest BCUT2D eigenvalue weighted by atomic mass is 16.6. The van der Waals surface area contributed by atoms with E-state index >= 15 is 0 Å². The molecule has 0 aromatic heterocycles. The SMILES string of the molecule is CCCCC/C=C\C/C=C\CCCCCCCCOCC(COCCCCCCCC/C=C\C/C=C\CCCCC)OC(=O)CCCN(C)C. The summed E-state index contributed by atoms with van der Waals surface area (Å²) in [6, 6.07) is 0. The van der Waals surface area contributed by atoms with Crippen LogP contribution in [0.25, 0.3) is 0 Å². The third-order valence-corrected chi connectivity index (χ3v) is 8.87. The van der Waals surface area contributed by atoms with E-state index in [1.807, 2.05) is 14.1 Å². The van der Waals surface area contributed by atoms with Gasteiger partial charge in [-0.05, 0) is 104 Å². The fraction of sp³-hybridized carbons (Fsp3) is 0.800. The van der Waals surface area contributed by atoms with Gasteiger partial charge in [-0.1, -0.05) is 140 Å². The van der Waals surface area contributed by atoms with Gasteiger partial charge in [-0.2, -0.15) is 0 Å². The van der Waals surface area contributed by atoms with E-state index in [-0.39, 0.29) is 12.1 Å². The van der Waals surface area contributed by atoms with E-state index in [0.717, 1.165) is 51.9 Å². The summed E-state index contributed by atoms with van der Waals surface area (Å²) in [6.45, 7) is 7.67. The van der Waals surface area contributed by atoms with Crippen molar-refractivity contribution in [3.8, 4) is 0 Å². The Morgan fingerprint density at radius 2 is 0.880 bits per heavy atom. The third-order valence-electron chi connectivity index (χ3n) is 8.87. The van der Waals surface area contributed by atoms with Crippen LogP contribution in [0.1, 0.15) is 181 Å². The molecule has 0 unspecified atom stereocenters. The van der Waals surface area contributed by atoms with Crippen molar-refractivity contribution in [3.63, 3.8) is 0 Å². The lowest BCUT2D eigenvalue weighted by atomic mass is 10.1. The highest BCUT2D eigenvalue weighted by molar-refractivity contribution is 5.69. The van der Waals surface area contributed by atoms with E-state index in [1.165, 1.54) is 128 Å². The van der Waals surface area contributed by atoms with Gasteiger partial charge in [0.1, 0.15) is 6.10 Å². The minimum Gasteiger partial charge on any atom is -0.457 e. The summed E-state index contributed by atoms with van der Waals surface area (Å²) in [5.74, 6) is -0.147. The van der Waals surface area contributed by atoms with E-state index in [9.17, 15) is 4.79 Å². The number of allylic oxidation sites excluding steroid dienone is 8. The van der Waals surface area contributed by atoms with Gasteiger partial charge in [0.15, 0.2) is 0 Å². The lowest BCUT2D eigenvalue weighted by Crippen LogP contribution is -2.29. The Balaban J connectivity index is 3.95. The number of hydrogen-bond acceptors (Lipinski definition) is 5. The van der Waals surface area contributed by atoms with E-state index in [4.69, 9.17) is 14.2 Å². The van der Waals surface area contributed by atoms with Crippen LogP contribution in [0.4, 0.5) is 0 Å². The summed E-state index contributed by atoms with van der Waals surface area (Å²) in [4.78, 5) is 14.5. The molecule has 5 nitrogen and oxygen atoms in total. The van der Waals surface area contributed by atoms with Crippen molar-refractivity contribution in [1.82, 2.24) is 4.90 Å². The maximum absolute atomic E-state index is 12.5. The Bertz CT molecular complexity index is 751. The molecule has 0 aliphatic carbocycles. The van der Waals surface area contributed by atoms with Gasteiger partial charge in [0.25, 0.3) is 0 Å². The molecule has 0 atom stereocenters. The molecule has 0 aromatic carbocycles. The maximum atomic E-state index is 12.5. The van der Waals surface area contributed by atoms with Crippen LogP contribution < -0.4 is 0 Å². The van der Waals surface area contributed by atoms with Crippen LogP contribution in [0.5, 0.6) is 0 Å². The molecule has 0 saturated heterocycles. The average molecular weight is 702 g/mol. The second-order valence-electron chi connectivity index (χ2n) is 14.3. The molecule has 0 fully saturated rings. The average Bonchev–Trinajstić information content (AvgIpc) is 3.10. The van der Waals surface area contributed by atoms with E-state index in [1.54, 1.807) is 0 Å². The van der Waals surface area contributed by atoms with Gasteiger partial charge in [0.05, 0.1) is 13.2 Å². The zero-order chi connectivity index (χ0) is 36.4. The van der Waals surface area contributed by atoms with Crippen molar-refractivity contribution in [2.75, 3.05) is 47.1 Å². The number of carbonyl (C=O) groups excluding carboxylic acids is 1. The fourth-order valence-corrected chi connectivity index (χ4v) is 5.71. The van der Waals surface area contributed by atoms with Crippen LogP contribution in [-0.4, -0.2) is 64.0 Å². The summed E-state index contributed by atoms with van der Waals surface area (Å²) in [5, 5.41) is 0. The van der Waals surface area contributed by atoms with Crippen LogP contribution in [0, 0.1) is 0 Å². The Morgan fingerprint density at radius 1 is 0.500 bits per heavy atom. The zero-order valence-electron chi connectivity index (χ0n) is 33.7. The minimum atomic E-state index is -0.323. The summed E-state index contributed by atoms with van der Waals surface area (Å²) >= 11 is 0. The van der Waals surface area contributed by atoms with Gasteiger partial charge >= 0.3 is 5.97 Å². The monoisotopic (exact) mass is 702 g/mol. The molecule has 0 aliphatic heterocycles. The highest BCUT2D eigenvalue weighted by Crippen LogP contribution is 2.11. The first kappa shape index (κ1) is 48.3. The molecule has 0 radical (unpaired) electrons. The Hall–Kier alpha value is -1.69. The predicted molar refractivity (Wildman–Crippen MR) is 218 cm³/mol. The highest BCUT2D eigenvalue weighted by Gasteiger charge is 2.15. The van der Waals surface area contributed by atoms with E-state index < -0.39 is 0 Å². The third kappa shape index (κ3) is 40.7. The van der Waals surface area contributed by atoms with Crippen molar-refractivity contribution in [3.05, 3.63) is 48.6 Å². The number of hydrogen-bond donors (Lipinski definition) is 0. The van der Waals surface area contributed by atoms with Gasteiger partial charge in [-0.25, -0.2) is 0 Å². The number of carbonyl (C=O) groups is 1. The van der Waals surface area contributed by atoms with Gasteiger partial charge < -0.3 is 19.1 Å². The Labute approximate surface area is 311 Å². The lowest BCUT2D eigenvalue weighted by Gasteiger charge is -2.19. The molecule has 0 saturated carbocycles. The molecule has 0 spiro atoms. The molecule has 0 aliphatic rings. The number of unbranched alkanes of at least 4 members (excludes halogenated alkanes) is 18. The molecule has 292 valence electrons. The largest absolute Gasteiger partial charge is 0.457 e. The second kappa shape index (κ2) is 41.7.